The van der Waals surface area contributed by atoms with Crippen LogP contribution in [0.4, 0.5) is 8.78 Å². The molecular weight excluding hydrogens is 478 g/mol. The molecule has 7 nitrogen and oxygen atoms in total. The summed E-state index contributed by atoms with van der Waals surface area (Å²) in [6.45, 7) is 1.37. The maximum absolute atomic E-state index is 15.1. The summed E-state index contributed by atoms with van der Waals surface area (Å²) in [6.07, 6.45) is 6.66. The largest absolute Gasteiger partial charge is 0.391 e. The minimum absolute atomic E-state index is 0.0951. The van der Waals surface area contributed by atoms with Crippen LogP contribution in [0.25, 0.3) is 22.0 Å². The minimum atomic E-state index is -0.807. The molecule has 3 heterocycles. The van der Waals surface area contributed by atoms with Crippen LogP contribution in [0.15, 0.2) is 59.8 Å². The molecule has 0 radical (unpaired) electrons. The molecule has 0 aliphatic heterocycles. The second-order valence-corrected chi connectivity index (χ2v) is 9.41. The molecule has 1 amide bonds. The van der Waals surface area contributed by atoms with Crippen LogP contribution >= 0.6 is 0 Å². The number of halogens is 2. The van der Waals surface area contributed by atoms with Gasteiger partial charge in [-0.25, -0.2) is 8.78 Å². The number of benzene rings is 1. The van der Waals surface area contributed by atoms with E-state index in [0.29, 0.717) is 29.7 Å². The van der Waals surface area contributed by atoms with Crippen molar-refractivity contribution < 1.29 is 18.7 Å². The Balaban J connectivity index is 1.53. The number of aromatic nitrogens is 3. The zero-order valence-electron chi connectivity index (χ0n) is 20.2. The topological polar surface area (TPSA) is 97.1 Å². The predicted molar refractivity (Wildman–Crippen MR) is 135 cm³/mol. The first-order valence-corrected chi connectivity index (χ1v) is 12.2. The van der Waals surface area contributed by atoms with E-state index in [4.69, 9.17) is 0 Å². The molecule has 1 aliphatic rings. The van der Waals surface area contributed by atoms with Crippen LogP contribution < -0.4 is 10.9 Å². The molecule has 0 bridgehead atoms. The van der Waals surface area contributed by atoms with Gasteiger partial charge in [0.25, 0.3) is 11.5 Å². The summed E-state index contributed by atoms with van der Waals surface area (Å²) >= 11 is 0. The maximum atomic E-state index is 15.1. The number of aliphatic hydroxyl groups is 1. The summed E-state index contributed by atoms with van der Waals surface area (Å²) in [7, 11) is 0. The third-order valence-electron chi connectivity index (χ3n) is 6.83. The Hall–Kier alpha value is -3.98. The quantitative estimate of drug-likeness (QED) is 0.426. The number of nitrogens with one attached hydrogen (secondary N) is 1. The molecular formula is C28H26F2N4O3. The summed E-state index contributed by atoms with van der Waals surface area (Å²) < 4.78 is 31.4. The van der Waals surface area contributed by atoms with Crippen LogP contribution in [0.3, 0.4) is 0 Å². The van der Waals surface area contributed by atoms with E-state index in [0.717, 1.165) is 17.4 Å². The van der Waals surface area contributed by atoms with Gasteiger partial charge < -0.3 is 15.0 Å². The summed E-state index contributed by atoms with van der Waals surface area (Å²) in [6, 6.07) is 8.50. The van der Waals surface area contributed by atoms with E-state index < -0.39 is 41.8 Å². The van der Waals surface area contributed by atoms with Gasteiger partial charge in [0.05, 0.1) is 35.2 Å². The normalized spacial score (nSPS) is 17.6. The number of rotatable bonds is 5. The van der Waals surface area contributed by atoms with Crippen LogP contribution in [0.2, 0.25) is 0 Å². The van der Waals surface area contributed by atoms with Crippen LogP contribution in [-0.4, -0.2) is 37.7 Å². The van der Waals surface area contributed by atoms with Gasteiger partial charge in [-0.15, -0.1) is 0 Å². The maximum Gasteiger partial charge on any atom is 0.260 e. The van der Waals surface area contributed by atoms with E-state index in [-0.39, 0.29) is 22.0 Å². The molecule has 0 spiro atoms. The Morgan fingerprint density at radius 2 is 1.84 bits per heavy atom. The van der Waals surface area contributed by atoms with Crippen LogP contribution in [0.1, 0.15) is 47.3 Å². The second-order valence-electron chi connectivity index (χ2n) is 9.41. The molecule has 9 heteroatoms. The number of hydrogen-bond donors (Lipinski definition) is 2. The van der Waals surface area contributed by atoms with Gasteiger partial charge in [0.2, 0.25) is 0 Å². The monoisotopic (exact) mass is 504 g/mol. The number of nitrogens with zero attached hydrogens (tertiary/aromatic N) is 3. The molecule has 0 unspecified atom stereocenters. The number of pyridine rings is 3. The molecule has 190 valence electrons. The van der Waals surface area contributed by atoms with E-state index in [1.807, 2.05) is 0 Å². The Labute approximate surface area is 211 Å². The van der Waals surface area contributed by atoms with Crippen molar-refractivity contribution in [3.05, 3.63) is 93.8 Å². The highest BCUT2D eigenvalue weighted by Crippen LogP contribution is 2.26. The van der Waals surface area contributed by atoms with Crippen molar-refractivity contribution in [2.75, 3.05) is 0 Å². The third-order valence-corrected chi connectivity index (χ3v) is 6.83. The fourth-order valence-electron chi connectivity index (χ4n) is 4.85. The Morgan fingerprint density at radius 1 is 1.08 bits per heavy atom. The van der Waals surface area contributed by atoms with Crippen LogP contribution in [0.5, 0.6) is 0 Å². The average Bonchev–Trinajstić information content (AvgIpc) is 2.88. The number of amides is 1. The fraction of sp³-hybridized carbons (Fsp3) is 0.286. The van der Waals surface area contributed by atoms with Crippen LogP contribution in [-0.2, 0) is 6.54 Å². The SMILES string of the molecule is Cc1cc(-c2cc(F)c(Cn3cc(C(=O)N[C@H]4CCCC[C@@H]4O)c4ncccc4c3=O)c(F)c2)ccn1. The van der Waals surface area contributed by atoms with Crippen molar-refractivity contribution in [3.8, 4) is 11.1 Å². The first-order valence-electron chi connectivity index (χ1n) is 12.2. The molecule has 2 atom stereocenters. The standard InChI is InChI=1S/C28H26F2N4O3/c1-16-11-17(8-10-31-16)18-12-22(29)20(23(30)13-18)14-34-15-21(26-19(28(34)37)5-4-9-32-26)27(36)33-24-6-2-3-7-25(24)35/h4-5,8-13,15,24-25,35H,2-3,6-7,14H2,1H3,(H,33,36)/t24-,25-/m0/s1. The average molecular weight is 505 g/mol. The van der Waals surface area contributed by atoms with E-state index in [1.54, 1.807) is 31.3 Å². The lowest BCUT2D eigenvalue weighted by Crippen LogP contribution is -2.45. The van der Waals surface area contributed by atoms with Gasteiger partial charge in [0.15, 0.2) is 0 Å². The Morgan fingerprint density at radius 3 is 2.57 bits per heavy atom. The highest BCUT2D eigenvalue weighted by atomic mass is 19.1. The number of aryl methyl sites for hydroxylation is 1. The van der Waals surface area contributed by atoms with Gasteiger partial charge in [0, 0.05) is 29.8 Å². The van der Waals surface area contributed by atoms with Crippen molar-refractivity contribution in [2.45, 2.75) is 51.3 Å². The highest BCUT2D eigenvalue weighted by Gasteiger charge is 2.26. The van der Waals surface area contributed by atoms with Gasteiger partial charge in [-0.1, -0.05) is 12.8 Å². The van der Waals surface area contributed by atoms with Crippen LogP contribution in [0, 0.1) is 18.6 Å². The van der Waals surface area contributed by atoms with Gasteiger partial charge in [-0.3, -0.25) is 19.6 Å². The summed E-state index contributed by atoms with van der Waals surface area (Å²) in [4.78, 5) is 34.7. The molecule has 3 aromatic heterocycles. The van der Waals surface area contributed by atoms with E-state index >= 15 is 8.78 Å². The molecule has 5 rings (SSSR count). The zero-order valence-corrected chi connectivity index (χ0v) is 20.2. The summed E-state index contributed by atoms with van der Waals surface area (Å²) in [5.41, 5.74) is 1.15. The summed E-state index contributed by atoms with van der Waals surface area (Å²) in [5.74, 6) is -2.12. The highest BCUT2D eigenvalue weighted by molar-refractivity contribution is 6.05. The lowest BCUT2D eigenvalue weighted by Gasteiger charge is -2.28. The second kappa shape index (κ2) is 10.2. The smallest absolute Gasteiger partial charge is 0.260 e. The lowest BCUT2D eigenvalue weighted by atomic mass is 9.92. The molecule has 37 heavy (non-hydrogen) atoms. The number of aliphatic hydroxyl groups excluding tert-OH is 1. The molecule has 0 saturated heterocycles. The van der Waals surface area contributed by atoms with E-state index in [1.165, 1.54) is 30.6 Å². The number of fused-ring (bicyclic) bond motifs is 1. The van der Waals surface area contributed by atoms with Crippen molar-refractivity contribution in [2.24, 2.45) is 0 Å². The van der Waals surface area contributed by atoms with Crippen molar-refractivity contribution in [1.29, 1.82) is 0 Å². The van der Waals surface area contributed by atoms with Crippen molar-refractivity contribution in [3.63, 3.8) is 0 Å². The van der Waals surface area contributed by atoms with Gasteiger partial charge in [-0.2, -0.15) is 0 Å². The predicted octanol–water partition coefficient (Wildman–Crippen LogP) is 4.13. The molecule has 1 aromatic carbocycles. The number of hydrogen-bond acceptors (Lipinski definition) is 5. The fourth-order valence-corrected chi connectivity index (χ4v) is 4.85. The molecule has 2 N–H and O–H groups in total. The number of carbonyl (C=O) groups is 1. The van der Waals surface area contributed by atoms with Gasteiger partial charge in [0.1, 0.15) is 11.6 Å². The Bertz CT molecular complexity index is 1530. The van der Waals surface area contributed by atoms with Gasteiger partial charge in [-0.05, 0) is 67.3 Å². The Kier molecular flexibility index (Phi) is 6.80. The van der Waals surface area contributed by atoms with Crippen molar-refractivity contribution in [1.82, 2.24) is 19.9 Å². The lowest BCUT2D eigenvalue weighted by molar-refractivity contribution is 0.0718. The van der Waals surface area contributed by atoms with E-state index in [9.17, 15) is 14.7 Å². The first-order chi connectivity index (χ1) is 17.8. The minimum Gasteiger partial charge on any atom is -0.391 e. The first kappa shape index (κ1) is 24.7. The van der Waals surface area contributed by atoms with Gasteiger partial charge >= 0.3 is 0 Å². The summed E-state index contributed by atoms with van der Waals surface area (Å²) in [5, 5.41) is 13.3. The molecule has 1 aliphatic carbocycles. The van der Waals surface area contributed by atoms with E-state index in [2.05, 4.69) is 15.3 Å². The molecule has 1 fully saturated rings. The molecule has 1 saturated carbocycles. The molecule has 4 aromatic rings. The number of carbonyl (C=O) groups excluding carboxylic acids is 1. The third kappa shape index (κ3) is 4.99. The van der Waals surface area contributed by atoms with Crippen molar-refractivity contribution >= 4 is 16.8 Å². The zero-order chi connectivity index (χ0) is 26.1.